The highest BCUT2D eigenvalue weighted by atomic mass is 35.5. The SMILES string of the molecule is O=C(Cc1ccc(Cl)cc1)Nc1ccc2nc(Cl)[nH]c2c1. The fourth-order valence-electron chi connectivity index (χ4n) is 2.05. The van der Waals surface area contributed by atoms with Crippen molar-refractivity contribution >= 4 is 45.8 Å². The second kappa shape index (κ2) is 5.76. The van der Waals surface area contributed by atoms with Crippen LogP contribution in [0.25, 0.3) is 11.0 Å². The van der Waals surface area contributed by atoms with Crippen molar-refractivity contribution in [2.24, 2.45) is 0 Å². The van der Waals surface area contributed by atoms with Gasteiger partial charge in [0.05, 0.1) is 17.5 Å². The Morgan fingerprint density at radius 1 is 1.14 bits per heavy atom. The van der Waals surface area contributed by atoms with Gasteiger partial charge < -0.3 is 10.3 Å². The van der Waals surface area contributed by atoms with Crippen LogP contribution in [0.15, 0.2) is 42.5 Å². The van der Waals surface area contributed by atoms with Gasteiger partial charge in [0.2, 0.25) is 11.2 Å². The lowest BCUT2D eigenvalue weighted by Gasteiger charge is -2.05. The molecule has 0 saturated carbocycles. The number of nitrogens with zero attached hydrogens (tertiary/aromatic N) is 1. The monoisotopic (exact) mass is 319 g/mol. The number of anilines is 1. The standard InChI is InChI=1S/C15H11Cl2N3O/c16-10-3-1-9(2-4-10)7-14(21)18-11-5-6-12-13(8-11)20-15(17)19-12/h1-6,8H,7H2,(H,18,21)(H,19,20). The molecule has 1 heterocycles. The smallest absolute Gasteiger partial charge is 0.228 e. The normalized spacial score (nSPS) is 10.8. The van der Waals surface area contributed by atoms with Gasteiger partial charge in [0.15, 0.2) is 0 Å². The Morgan fingerprint density at radius 2 is 1.90 bits per heavy atom. The predicted molar refractivity (Wildman–Crippen MR) is 84.9 cm³/mol. The van der Waals surface area contributed by atoms with Crippen molar-refractivity contribution in [2.45, 2.75) is 6.42 Å². The van der Waals surface area contributed by atoms with Gasteiger partial charge in [0, 0.05) is 10.7 Å². The molecule has 0 fully saturated rings. The molecule has 21 heavy (non-hydrogen) atoms. The van der Waals surface area contributed by atoms with E-state index in [1.807, 2.05) is 12.1 Å². The van der Waals surface area contributed by atoms with E-state index < -0.39 is 0 Å². The average molecular weight is 320 g/mol. The number of amides is 1. The molecule has 0 unspecified atom stereocenters. The molecule has 0 atom stereocenters. The summed E-state index contributed by atoms with van der Waals surface area (Å²) in [6.45, 7) is 0. The number of hydrogen-bond acceptors (Lipinski definition) is 2. The number of benzene rings is 2. The summed E-state index contributed by atoms with van der Waals surface area (Å²) in [5.74, 6) is -0.0951. The molecule has 3 rings (SSSR count). The van der Waals surface area contributed by atoms with Crippen LogP contribution in [-0.4, -0.2) is 15.9 Å². The molecule has 0 aliphatic carbocycles. The first kappa shape index (κ1) is 13.9. The number of rotatable bonds is 3. The Balaban J connectivity index is 1.71. The van der Waals surface area contributed by atoms with Crippen LogP contribution < -0.4 is 5.32 Å². The van der Waals surface area contributed by atoms with Crippen LogP contribution in [0.1, 0.15) is 5.56 Å². The minimum Gasteiger partial charge on any atom is -0.329 e. The topological polar surface area (TPSA) is 57.8 Å². The first-order valence-electron chi connectivity index (χ1n) is 6.30. The molecule has 0 aliphatic rings. The summed E-state index contributed by atoms with van der Waals surface area (Å²) < 4.78 is 0. The predicted octanol–water partition coefficient (Wildman–Crippen LogP) is 4.05. The maximum absolute atomic E-state index is 12.0. The minimum atomic E-state index is -0.0951. The molecule has 0 bridgehead atoms. The van der Waals surface area contributed by atoms with Crippen molar-refractivity contribution in [2.75, 3.05) is 5.32 Å². The quantitative estimate of drug-likeness (QED) is 0.765. The second-order valence-electron chi connectivity index (χ2n) is 4.61. The highest BCUT2D eigenvalue weighted by Gasteiger charge is 2.06. The van der Waals surface area contributed by atoms with E-state index in [1.165, 1.54) is 0 Å². The van der Waals surface area contributed by atoms with Crippen molar-refractivity contribution in [3.05, 3.63) is 58.3 Å². The summed E-state index contributed by atoms with van der Waals surface area (Å²) in [4.78, 5) is 19.0. The fourth-order valence-corrected chi connectivity index (χ4v) is 2.37. The molecule has 2 aromatic carbocycles. The summed E-state index contributed by atoms with van der Waals surface area (Å²) >= 11 is 11.6. The third-order valence-electron chi connectivity index (χ3n) is 3.01. The van der Waals surface area contributed by atoms with E-state index in [1.54, 1.807) is 30.3 Å². The third-order valence-corrected chi connectivity index (χ3v) is 3.45. The average Bonchev–Trinajstić information content (AvgIpc) is 2.80. The fraction of sp³-hybridized carbons (Fsp3) is 0.0667. The number of nitrogens with one attached hydrogen (secondary N) is 2. The van der Waals surface area contributed by atoms with Crippen molar-refractivity contribution < 1.29 is 4.79 Å². The van der Waals surface area contributed by atoms with E-state index in [9.17, 15) is 4.79 Å². The minimum absolute atomic E-state index is 0.0951. The van der Waals surface area contributed by atoms with E-state index in [0.29, 0.717) is 22.4 Å². The summed E-state index contributed by atoms with van der Waals surface area (Å²) in [5, 5.41) is 3.83. The van der Waals surface area contributed by atoms with E-state index >= 15 is 0 Å². The van der Waals surface area contributed by atoms with Crippen molar-refractivity contribution in [1.29, 1.82) is 0 Å². The van der Waals surface area contributed by atoms with Gasteiger partial charge in [-0.05, 0) is 47.5 Å². The maximum Gasteiger partial charge on any atom is 0.228 e. The molecule has 1 aromatic heterocycles. The molecule has 0 radical (unpaired) electrons. The Morgan fingerprint density at radius 3 is 2.67 bits per heavy atom. The lowest BCUT2D eigenvalue weighted by molar-refractivity contribution is -0.115. The number of fused-ring (bicyclic) bond motifs is 1. The van der Waals surface area contributed by atoms with Gasteiger partial charge in [-0.1, -0.05) is 23.7 Å². The van der Waals surface area contributed by atoms with Gasteiger partial charge in [-0.2, -0.15) is 0 Å². The number of carbonyl (C=O) groups is 1. The Bertz CT molecular complexity index is 796. The van der Waals surface area contributed by atoms with Gasteiger partial charge in [-0.3, -0.25) is 4.79 Å². The molecule has 6 heteroatoms. The highest BCUT2D eigenvalue weighted by Crippen LogP contribution is 2.19. The molecule has 0 saturated heterocycles. The molecule has 4 nitrogen and oxygen atoms in total. The zero-order valence-corrected chi connectivity index (χ0v) is 12.4. The van der Waals surface area contributed by atoms with Crippen LogP contribution in [0.3, 0.4) is 0 Å². The zero-order chi connectivity index (χ0) is 14.8. The van der Waals surface area contributed by atoms with Gasteiger partial charge in [0.1, 0.15) is 0 Å². The van der Waals surface area contributed by atoms with Gasteiger partial charge in [-0.15, -0.1) is 0 Å². The summed E-state index contributed by atoms with van der Waals surface area (Å²) in [6, 6.07) is 12.6. The van der Waals surface area contributed by atoms with E-state index in [-0.39, 0.29) is 5.91 Å². The van der Waals surface area contributed by atoms with Crippen LogP contribution >= 0.6 is 23.2 Å². The third kappa shape index (κ3) is 3.35. The number of carbonyl (C=O) groups excluding carboxylic acids is 1. The maximum atomic E-state index is 12.0. The van der Waals surface area contributed by atoms with Crippen LogP contribution in [0.2, 0.25) is 10.3 Å². The molecule has 3 aromatic rings. The van der Waals surface area contributed by atoms with Gasteiger partial charge in [-0.25, -0.2) is 4.98 Å². The molecule has 0 spiro atoms. The van der Waals surface area contributed by atoms with Crippen molar-refractivity contribution in [1.82, 2.24) is 9.97 Å². The highest BCUT2D eigenvalue weighted by molar-refractivity contribution is 6.30. The lowest BCUT2D eigenvalue weighted by Crippen LogP contribution is -2.14. The molecule has 1 amide bonds. The Kier molecular flexibility index (Phi) is 3.82. The summed E-state index contributed by atoms with van der Waals surface area (Å²) in [5.41, 5.74) is 3.14. The van der Waals surface area contributed by atoms with Crippen LogP contribution in [0.5, 0.6) is 0 Å². The number of imidazole rings is 1. The number of halogens is 2. The summed E-state index contributed by atoms with van der Waals surface area (Å²) in [7, 11) is 0. The molecular formula is C15H11Cl2N3O. The van der Waals surface area contributed by atoms with Crippen molar-refractivity contribution in [3.63, 3.8) is 0 Å². The van der Waals surface area contributed by atoms with Crippen LogP contribution in [-0.2, 0) is 11.2 Å². The number of H-pyrrole nitrogens is 1. The largest absolute Gasteiger partial charge is 0.329 e. The Hall–Kier alpha value is -2.04. The van der Waals surface area contributed by atoms with Gasteiger partial charge in [0.25, 0.3) is 0 Å². The first-order chi connectivity index (χ1) is 10.1. The molecular weight excluding hydrogens is 309 g/mol. The van der Waals surface area contributed by atoms with Crippen LogP contribution in [0.4, 0.5) is 5.69 Å². The molecule has 2 N–H and O–H groups in total. The lowest BCUT2D eigenvalue weighted by atomic mass is 10.1. The molecule has 0 aliphatic heterocycles. The number of aromatic nitrogens is 2. The zero-order valence-electron chi connectivity index (χ0n) is 10.9. The van der Waals surface area contributed by atoms with Crippen LogP contribution in [0, 0.1) is 0 Å². The van der Waals surface area contributed by atoms with E-state index in [4.69, 9.17) is 23.2 Å². The van der Waals surface area contributed by atoms with Crippen molar-refractivity contribution in [3.8, 4) is 0 Å². The summed E-state index contributed by atoms with van der Waals surface area (Å²) in [6.07, 6.45) is 0.291. The number of hydrogen-bond donors (Lipinski definition) is 2. The first-order valence-corrected chi connectivity index (χ1v) is 7.05. The molecule has 106 valence electrons. The van der Waals surface area contributed by atoms with E-state index in [2.05, 4.69) is 15.3 Å². The van der Waals surface area contributed by atoms with E-state index in [0.717, 1.165) is 16.6 Å². The second-order valence-corrected chi connectivity index (χ2v) is 5.41. The number of aromatic amines is 1. The van der Waals surface area contributed by atoms with Gasteiger partial charge >= 0.3 is 0 Å². The Labute approximate surface area is 131 Å².